The lowest BCUT2D eigenvalue weighted by Crippen LogP contribution is -2.68. The number of carbonyl (C=O) groups is 4. The normalized spacial score (nSPS) is 25.6. The molecule has 4 aromatic rings. The molecule has 4 aliphatic heterocycles. The van der Waals surface area contributed by atoms with Crippen molar-refractivity contribution in [3.8, 4) is 22.5 Å². The molecule has 354 valence electrons. The Morgan fingerprint density at radius 2 is 1.91 bits per heavy atom. The standard InChI is InChI=1S/C49H65N9O7S/c1-8-56-37-14-13-30-23-32(37)33(41(56)31-11-9-18-51-42(31)49(63-7)26-38(49)50)25-47(4,5)28-65-45(61)34-12-10-19-58(54-34)44(60)35(24-39-52-36(30)27-66-39)53-43(59)40(29(2)3)55(6)46(62)57-20-15-48(57)16-21-64-22-17-48/h9,11,13-14,18,23,27,29,34-35,38,40,54H,8,10,12,15-17,19-22,24-26,28,50H2,1-7H3,(H,53,59)/t34-,35-,38-,40-,49?/m0/s1. The van der Waals surface area contributed by atoms with Gasteiger partial charge < -0.3 is 39.6 Å². The quantitative estimate of drug-likeness (QED) is 0.192. The summed E-state index contributed by atoms with van der Waals surface area (Å²) < 4.78 is 20.2. The molecule has 4 amide bonds. The van der Waals surface area contributed by atoms with Gasteiger partial charge in [0.2, 0.25) is 5.91 Å². The first-order chi connectivity index (χ1) is 31.6. The van der Waals surface area contributed by atoms with E-state index in [1.54, 1.807) is 20.4 Å². The summed E-state index contributed by atoms with van der Waals surface area (Å²) in [6.45, 7) is 13.1. The van der Waals surface area contributed by atoms with Crippen LogP contribution in [0.4, 0.5) is 4.79 Å². The van der Waals surface area contributed by atoms with E-state index >= 15 is 0 Å². The van der Waals surface area contributed by atoms with Gasteiger partial charge in [-0.25, -0.2) is 15.2 Å². The van der Waals surface area contributed by atoms with Gasteiger partial charge in [0.05, 0.1) is 34.2 Å². The molecule has 9 rings (SSSR count). The summed E-state index contributed by atoms with van der Waals surface area (Å²) >= 11 is 1.43. The fourth-order valence-corrected chi connectivity index (χ4v) is 11.8. The van der Waals surface area contributed by atoms with E-state index in [0.717, 1.165) is 63.9 Å². The average Bonchev–Trinajstić information content (AvgIpc) is 3.59. The number of nitrogens with two attached hydrogens (primary N) is 1. The van der Waals surface area contributed by atoms with Gasteiger partial charge in [-0.2, -0.15) is 0 Å². The van der Waals surface area contributed by atoms with Crippen LogP contribution in [0, 0.1) is 11.3 Å². The van der Waals surface area contributed by atoms with Gasteiger partial charge >= 0.3 is 12.0 Å². The van der Waals surface area contributed by atoms with Crippen molar-refractivity contribution in [1.82, 2.24) is 40.1 Å². The van der Waals surface area contributed by atoms with E-state index < -0.39 is 46.9 Å². The van der Waals surface area contributed by atoms with Gasteiger partial charge in [-0.3, -0.25) is 24.4 Å². The summed E-state index contributed by atoms with van der Waals surface area (Å²) in [5.74, 6) is -1.53. The Bertz CT molecular complexity index is 2510. The SMILES string of the molecule is CCn1c(-c2cccnc2C2(OC)C[C@@H]2N)c2c3cc(ccc31)-c1csc(n1)C[C@H](NC(=O)[C@H](C(C)C)N(C)C(=O)N1CCC13CCOCC3)C(=O)N1CCC[C@H](N1)C(=O)OCC(C)(C)C2. The largest absolute Gasteiger partial charge is 0.464 e. The highest BCUT2D eigenvalue weighted by Gasteiger charge is 2.57. The third-order valence-electron chi connectivity index (χ3n) is 14.8. The van der Waals surface area contributed by atoms with Gasteiger partial charge in [0.25, 0.3) is 5.91 Å². The number of hydrogen-bond donors (Lipinski definition) is 3. The Morgan fingerprint density at radius 1 is 1.14 bits per heavy atom. The number of ether oxygens (including phenoxy) is 3. The van der Waals surface area contributed by atoms with Crippen LogP contribution in [0.25, 0.3) is 33.4 Å². The first-order valence-electron chi connectivity index (χ1n) is 23.6. The molecule has 3 aromatic heterocycles. The van der Waals surface area contributed by atoms with Gasteiger partial charge in [0.15, 0.2) is 0 Å². The number of nitrogens with zero attached hydrogens (tertiary/aromatic N) is 6. The minimum atomic E-state index is -1.05. The highest BCUT2D eigenvalue weighted by molar-refractivity contribution is 7.10. The van der Waals surface area contributed by atoms with Crippen LogP contribution in [0.3, 0.4) is 0 Å². The zero-order chi connectivity index (χ0) is 46.7. The number of thiazole rings is 1. The first kappa shape index (κ1) is 46.2. The highest BCUT2D eigenvalue weighted by Crippen LogP contribution is 2.51. The number of amides is 4. The molecule has 16 nitrogen and oxygen atoms in total. The Balaban J connectivity index is 1.09. The number of hydrazine groups is 1. The van der Waals surface area contributed by atoms with Crippen LogP contribution in [-0.2, 0) is 53.6 Å². The average molecular weight is 924 g/mol. The first-order valence-corrected chi connectivity index (χ1v) is 24.5. The zero-order valence-corrected chi connectivity index (χ0v) is 40.2. The summed E-state index contributed by atoms with van der Waals surface area (Å²) in [6.07, 6.45) is 6.62. The van der Waals surface area contributed by atoms with Gasteiger partial charge in [-0.15, -0.1) is 11.3 Å². The maximum absolute atomic E-state index is 14.7. The van der Waals surface area contributed by atoms with E-state index in [2.05, 4.69) is 60.3 Å². The molecule has 1 aromatic carbocycles. The number of benzene rings is 1. The second kappa shape index (κ2) is 17.9. The number of esters is 1. The van der Waals surface area contributed by atoms with Crippen LogP contribution >= 0.6 is 11.3 Å². The molecule has 1 spiro atoms. The minimum Gasteiger partial charge on any atom is -0.464 e. The van der Waals surface area contributed by atoms with E-state index in [1.165, 1.54) is 21.2 Å². The fourth-order valence-electron chi connectivity index (χ4n) is 10.9. The third-order valence-corrected chi connectivity index (χ3v) is 15.6. The summed E-state index contributed by atoms with van der Waals surface area (Å²) in [5.41, 5.74) is 14.9. The number of nitrogens with one attached hydrogen (secondary N) is 2. The molecule has 5 aliphatic rings. The van der Waals surface area contributed by atoms with Crippen molar-refractivity contribution in [2.45, 2.75) is 128 Å². The van der Waals surface area contributed by atoms with Crippen LogP contribution in [0.1, 0.15) is 89.4 Å². The van der Waals surface area contributed by atoms with Crippen molar-refractivity contribution < 1.29 is 33.4 Å². The fraction of sp³-hybridized carbons (Fsp3) is 0.592. The molecule has 66 heavy (non-hydrogen) atoms. The Kier molecular flexibility index (Phi) is 12.6. The maximum atomic E-state index is 14.7. The van der Waals surface area contributed by atoms with Crippen molar-refractivity contribution in [2.24, 2.45) is 17.1 Å². The lowest BCUT2D eigenvalue weighted by atomic mass is 9.78. The molecule has 7 heterocycles. The van der Waals surface area contributed by atoms with Gasteiger partial charge in [0.1, 0.15) is 23.7 Å². The molecule has 3 saturated heterocycles. The zero-order valence-electron chi connectivity index (χ0n) is 39.4. The maximum Gasteiger partial charge on any atom is 0.324 e. The number of likely N-dealkylation sites (tertiary alicyclic amines) is 1. The number of carbonyl (C=O) groups excluding carboxylic acids is 4. The van der Waals surface area contributed by atoms with Crippen LogP contribution in [-0.4, -0.2) is 130 Å². The van der Waals surface area contributed by atoms with E-state index in [1.807, 2.05) is 30.2 Å². The number of pyridine rings is 1. The van der Waals surface area contributed by atoms with E-state index in [0.29, 0.717) is 63.5 Å². The summed E-state index contributed by atoms with van der Waals surface area (Å²) in [7, 11) is 3.37. The van der Waals surface area contributed by atoms with E-state index in [-0.39, 0.29) is 36.6 Å². The van der Waals surface area contributed by atoms with Crippen molar-refractivity contribution in [1.29, 1.82) is 0 Å². The van der Waals surface area contributed by atoms with Crippen LogP contribution < -0.4 is 16.5 Å². The van der Waals surface area contributed by atoms with Crippen molar-refractivity contribution in [3.05, 3.63) is 58.2 Å². The molecule has 1 aliphatic carbocycles. The number of methoxy groups -OCH3 is 1. The Morgan fingerprint density at radius 3 is 2.59 bits per heavy atom. The summed E-state index contributed by atoms with van der Waals surface area (Å²) in [5, 5.41) is 8.22. The van der Waals surface area contributed by atoms with Gasteiger partial charge in [-0.1, -0.05) is 33.8 Å². The van der Waals surface area contributed by atoms with Crippen LogP contribution in [0.5, 0.6) is 0 Å². The molecular formula is C49H65N9O7S. The topological polar surface area (TPSA) is 186 Å². The summed E-state index contributed by atoms with van der Waals surface area (Å²) in [6, 6.07) is 7.40. The number of fused-ring (bicyclic) bond motifs is 6. The summed E-state index contributed by atoms with van der Waals surface area (Å²) in [4.78, 5) is 70.7. The monoisotopic (exact) mass is 923 g/mol. The second-order valence-electron chi connectivity index (χ2n) is 20.1. The molecule has 4 N–H and O–H groups in total. The van der Waals surface area contributed by atoms with E-state index in [9.17, 15) is 19.2 Å². The number of hydrogen-bond acceptors (Lipinski definition) is 12. The molecule has 1 saturated carbocycles. The van der Waals surface area contributed by atoms with Crippen molar-refractivity contribution in [2.75, 3.05) is 47.1 Å². The Labute approximate surface area is 390 Å². The molecule has 5 atom stereocenters. The minimum absolute atomic E-state index is 0.103. The smallest absolute Gasteiger partial charge is 0.324 e. The molecule has 0 radical (unpaired) electrons. The lowest BCUT2D eigenvalue weighted by Gasteiger charge is -2.56. The van der Waals surface area contributed by atoms with Crippen molar-refractivity contribution >= 4 is 46.1 Å². The van der Waals surface area contributed by atoms with E-state index in [4.69, 9.17) is 29.9 Å². The molecule has 6 bridgehead atoms. The van der Waals surface area contributed by atoms with Gasteiger partial charge in [-0.05, 0) is 81.2 Å². The predicted octanol–water partition coefficient (Wildman–Crippen LogP) is 5.40. The predicted molar refractivity (Wildman–Crippen MR) is 251 cm³/mol. The van der Waals surface area contributed by atoms with Crippen LogP contribution in [0.2, 0.25) is 0 Å². The second-order valence-corrected chi connectivity index (χ2v) is 21.0. The molecular weight excluding hydrogens is 859 g/mol. The number of likely N-dealkylation sites (N-methyl/N-ethyl adjacent to an activating group) is 1. The van der Waals surface area contributed by atoms with Crippen molar-refractivity contribution in [3.63, 3.8) is 0 Å². The third kappa shape index (κ3) is 8.28. The highest BCUT2D eigenvalue weighted by atomic mass is 32.1. The number of cyclic esters (lactones) is 1. The number of rotatable bonds is 8. The molecule has 1 unspecified atom stereocenters. The number of urea groups is 1. The van der Waals surface area contributed by atoms with Crippen LogP contribution in [0.15, 0.2) is 41.9 Å². The van der Waals surface area contributed by atoms with Gasteiger partial charge in [0, 0.05) is 105 Å². The number of aromatic nitrogens is 3. The Hall–Kier alpha value is -4.94. The lowest BCUT2D eigenvalue weighted by molar-refractivity contribution is -0.155. The molecule has 4 fully saturated rings. The molecule has 17 heteroatoms. The number of aryl methyl sites for hydroxylation is 1.